The van der Waals surface area contributed by atoms with Gasteiger partial charge in [-0.3, -0.25) is 0 Å². The Morgan fingerprint density at radius 2 is 2.09 bits per heavy atom. The van der Waals surface area contributed by atoms with E-state index in [-0.39, 0.29) is 18.6 Å². The van der Waals surface area contributed by atoms with Gasteiger partial charge in [-0.25, -0.2) is 0 Å². The summed E-state index contributed by atoms with van der Waals surface area (Å²) < 4.78 is 0. The zero-order chi connectivity index (χ0) is 8.91. The molecule has 0 amide bonds. The van der Waals surface area contributed by atoms with Crippen LogP contribution in [0.15, 0.2) is 5.16 Å². The van der Waals surface area contributed by atoms with E-state index < -0.39 is 0 Å². The van der Waals surface area contributed by atoms with E-state index in [9.17, 15) is 0 Å². The lowest BCUT2D eigenvalue weighted by molar-refractivity contribution is 0.0964. The number of hydrogen-bond acceptors (Lipinski definition) is 3. The van der Waals surface area contributed by atoms with Crippen LogP contribution in [0.25, 0.3) is 0 Å². The van der Waals surface area contributed by atoms with Crippen molar-refractivity contribution in [2.75, 3.05) is 13.2 Å². The predicted octanol–water partition coefficient (Wildman–Crippen LogP) is 0.314. The van der Waals surface area contributed by atoms with Gasteiger partial charge in [0.25, 0.3) is 0 Å². The highest BCUT2D eigenvalue weighted by atomic mass is 16.6. The van der Waals surface area contributed by atoms with E-state index in [1.54, 1.807) is 0 Å². The van der Waals surface area contributed by atoms with Crippen molar-refractivity contribution >= 4 is 5.84 Å². The Labute approximate surface area is 67.0 Å². The molecule has 0 aromatic heterocycles. The van der Waals surface area contributed by atoms with Crippen molar-refractivity contribution in [3.8, 4) is 0 Å². The summed E-state index contributed by atoms with van der Waals surface area (Å²) in [6, 6.07) is 0. The number of aliphatic hydroxyl groups excluding tert-OH is 1. The molecule has 11 heavy (non-hydrogen) atoms. The third-order valence-corrected chi connectivity index (χ3v) is 1.11. The summed E-state index contributed by atoms with van der Waals surface area (Å²) in [5, 5.41) is 12.0. The average Bonchev–Trinajstić information content (AvgIpc) is 1.86. The Balaban J connectivity index is 3.81. The highest BCUT2D eigenvalue weighted by molar-refractivity contribution is 5.84. The number of nitrogens with zero attached hydrogens (tertiary/aromatic N) is 1. The van der Waals surface area contributed by atoms with Gasteiger partial charge in [0.2, 0.25) is 0 Å². The van der Waals surface area contributed by atoms with Crippen LogP contribution >= 0.6 is 0 Å². The first-order valence-corrected chi connectivity index (χ1v) is 3.55. The van der Waals surface area contributed by atoms with Crippen molar-refractivity contribution in [3.63, 3.8) is 0 Å². The van der Waals surface area contributed by atoms with Crippen LogP contribution in [-0.2, 0) is 4.84 Å². The summed E-state index contributed by atoms with van der Waals surface area (Å²) in [5.41, 5.74) is 5.36. The Morgan fingerprint density at radius 3 is 2.45 bits per heavy atom. The first-order valence-electron chi connectivity index (χ1n) is 3.55. The molecule has 0 radical (unpaired) electrons. The molecule has 0 saturated heterocycles. The fraction of sp³-hybridized carbons (Fsp3) is 0.857. The van der Waals surface area contributed by atoms with Gasteiger partial charge in [0.05, 0.1) is 6.61 Å². The van der Waals surface area contributed by atoms with Gasteiger partial charge < -0.3 is 15.7 Å². The summed E-state index contributed by atoms with van der Waals surface area (Å²) in [4.78, 5) is 4.68. The molecular formula is C7H16N2O2. The highest BCUT2D eigenvalue weighted by Crippen LogP contribution is 2.12. The van der Waals surface area contributed by atoms with E-state index in [4.69, 9.17) is 10.8 Å². The Hall–Kier alpha value is -0.770. The molecule has 0 aliphatic rings. The quantitative estimate of drug-likeness (QED) is 0.270. The van der Waals surface area contributed by atoms with E-state index in [0.717, 1.165) is 0 Å². The summed E-state index contributed by atoms with van der Waals surface area (Å²) in [7, 11) is 0. The lowest BCUT2D eigenvalue weighted by Gasteiger charge is -2.15. The maximum Gasteiger partial charge on any atom is 0.144 e. The predicted molar refractivity (Wildman–Crippen MR) is 44.1 cm³/mol. The first kappa shape index (κ1) is 10.2. The summed E-state index contributed by atoms with van der Waals surface area (Å²) in [5.74, 6) is 0.436. The van der Waals surface area contributed by atoms with Crippen molar-refractivity contribution in [1.29, 1.82) is 0 Å². The molecule has 0 unspecified atom stereocenters. The zero-order valence-corrected chi connectivity index (χ0v) is 7.29. The van der Waals surface area contributed by atoms with Crippen molar-refractivity contribution in [2.24, 2.45) is 16.3 Å². The first-order chi connectivity index (χ1) is 4.98. The van der Waals surface area contributed by atoms with Gasteiger partial charge in [-0.05, 0) is 0 Å². The molecule has 0 spiro atoms. The monoisotopic (exact) mass is 160 g/mol. The van der Waals surface area contributed by atoms with Crippen molar-refractivity contribution < 1.29 is 9.94 Å². The summed E-state index contributed by atoms with van der Waals surface area (Å²) >= 11 is 0. The summed E-state index contributed by atoms with van der Waals surface area (Å²) in [6.45, 7) is 5.97. The molecule has 4 heteroatoms. The fourth-order valence-electron chi connectivity index (χ4n) is 0.293. The molecule has 66 valence electrons. The fourth-order valence-corrected chi connectivity index (χ4v) is 0.293. The van der Waals surface area contributed by atoms with Gasteiger partial charge in [0, 0.05) is 5.41 Å². The van der Waals surface area contributed by atoms with Gasteiger partial charge in [-0.1, -0.05) is 25.9 Å². The molecule has 0 aromatic rings. The van der Waals surface area contributed by atoms with E-state index in [1.165, 1.54) is 0 Å². The standard InChI is InChI=1S/C7H16N2O2/c1-7(2,3)6(8)9-11-5-4-10/h10H,4-5H2,1-3H3,(H2,8,9). The SMILES string of the molecule is CC(C)(C)/C(N)=N/OCCO. The number of nitrogens with two attached hydrogens (primary N) is 1. The van der Waals surface area contributed by atoms with Gasteiger partial charge in [-0.15, -0.1) is 0 Å². The number of aliphatic hydroxyl groups is 1. The number of amidine groups is 1. The maximum absolute atomic E-state index is 8.35. The van der Waals surface area contributed by atoms with E-state index in [2.05, 4.69) is 9.99 Å². The average molecular weight is 160 g/mol. The molecule has 0 bridgehead atoms. The lowest BCUT2D eigenvalue weighted by atomic mass is 9.96. The van der Waals surface area contributed by atoms with Crippen LogP contribution in [0.2, 0.25) is 0 Å². The topological polar surface area (TPSA) is 67.8 Å². The normalized spacial score (nSPS) is 13.3. The van der Waals surface area contributed by atoms with Crippen LogP contribution in [0.3, 0.4) is 0 Å². The highest BCUT2D eigenvalue weighted by Gasteiger charge is 2.15. The number of oxime groups is 1. The largest absolute Gasteiger partial charge is 0.393 e. The second kappa shape index (κ2) is 4.18. The Kier molecular flexibility index (Phi) is 3.89. The smallest absolute Gasteiger partial charge is 0.144 e. The Bertz CT molecular complexity index is 138. The van der Waals surface area contributed by atoms with Crippen molar-refractivity contribution in [2.45, 2.75) is 20.8 Å². The molecule has 0 fully saturated rings. The molecular weight excluding hydrogens is 144 g/mol. The molecule has 0 aliphatic heterocycles. The van der Waals surface area contributed by atoms with E-state index >= 15 is 0 Å². The Morgan fingerprint density at radius 1 is 1.55 bits per heavy atom. The molecule has 0 atom stereocenters. The van der Waals surface area contributed by atoms with Gasteiger partial charge in [0.15, 0.2) is 0 Å². The minimum absolute atomic E-state index is 0.0408. The molecule has 0 rings (SSSR count). The number of hydrogen-bond donors (Lipinski definition) is 2. The second-order valence-corrected chi connectivity index (χ2v) is 3.28. The van der Waals surface area contributed by atoms with Crippen LogP contribution in [0.1, 0.15) is 20.8 Å². The van der Waals surface area contributed by atoms with E-state index in [0.29, 0.717) is 5.84 Å². The van der Waals surface area contributed by atoms with Crippen LogP contribution in [0.5, 0.6) is 0 Å². The zero-order valence-electron chi connectivity index (χ0n) is 7.29. The molecule has 3 N–H and O–H groups in total. The van der Waals surface area contributed by atoms with Gasteiger partial charge in [-0.2, -0.15) is 0 Å². The summed E-state index contributed by atoms with van der Waals surface area (Å²) in [6.07, 6.45) is 0. The maximum atomic E-state index is 8.35. The van der Waals surface area contributed by atoms with Crippen LogP contribution in [-0.4, -0.2) is 24.2 Å². The van der Waals surface area contributed by atoms with Crippen LogP contribution < -0.4 is 5.73 Å². The van der Waals surface area contributed by atoms with Crippen molar-refractivity contribution in [1.82, 2.24) is 0 Å². The minimum atomic E-state index is -0.171. The molecule has 4 nitrogen and oxygen atoms in total. The molecule has 0 heterocycles. The van der Waals surface area contributed by atoms with E-state index in [1.807, 2.05) is 20.8 Å². The third kappa shape index (κ3) is 4.61. The van der Waals surface area contributed by atoms with Crippen molar-refractivity contribution in [3.05, 3.63) is 0 Å². The molecule has 0 saturated carbocycles. The van der Waals surface area contributed by atoms with Gasteiger partial charge in [0.1, 0.15) is 12.4 Å². The van der Waals surface area contributed by atoms with Crippen LogP contribution in [0, 0.1) is 5.41 Å². The van der Waals surface area contributed by atoms with Crippen LogP contribution in [0.4, 0.5) is 0 Å². The molecule has 0 aliphatic carbocycles. The minimum Gasteiger partial charge on any atom is -0.393 e. The molecule has 0 aromatic carbocycles. The van der Waals surface area contributed by atoms with Gasteiger partial charge >= 0.3 is 0 Å². The third-order valence-electron chi connectivity index (χ3n) is 1.11. The lowest BCUT2D eigenvalue weighted by Crippen LogP contribution is -2.29. The number of rotatable bonds is 3. The second-order valence-electron chi connectivity index (χ2n) is 3.28.